The predicted octanol–water partition coefficient (Wildman–Crippen LogP) is 1.23. The first kappa shape index (κ1) is 6.88. The summed E-state index contributed by atoms with van der Waals surface area (Å²) in [5, 5.41) is 12.0. The third kappa shape index (κ3) is 1.29. The average molecular weight is 151 g/mol. The van der Waals surface area contributed by atoms with Crippen LogP contribution < -0.4 is 0 Å². The number of rotatable bonds is 1. The Balaban J connectivity index is 2.08. The summed E-state index contributed by atoms with van der Waals surface area (Å²) in [5.74, 6) is 0. The molecule has 0 spiro atoms. The summed E-state index contributed by atoms with van der Waals surface area (Å²) in [6.45, 7) is 1.33. The van der Waals surface area contributed by atoms with Gasteiger partial charge in [0.1, 0.15) is 0 Å². The van der Waals surface area contributed by atoms with Crippen LogP contribution in [0.3, 0.4) is 0 Å². The van der Waals surface area contributed by atoms with E-state index < -0.39 is 0 Å². The Kier molecular flexibility index (Phi) is 1.68. The second-order valence-electron chi connectivity index (χ2n) is 2.96. The average Bonchev–Trinajstić information content (AvgIpc) is 2.55. The van der Waals surface area contributed by atoms with Crippen molar-refractivity contribution in [2.75, 3.05) is 13.1 Å². The molecule has 0 aliphatic carbocycles. The van der Waals surface area contributed by atoms with E-state index in [-0.39, 0.29) is 0 Å². The zero-order valence-corrected chi connectivity index (χ0v) is 6.31. The number of hydrogen-bond acceptors (Lipinski definition) is 2. The first-order valence-electron chi connectivity index (χ1n) is 3.91. The fourth-order valence-electron chi connectivity index (χ4n) is 1.55. The van der Waals surface area contributed by atoms with Gasteiger partial charge in [-0.3, -0.25) is 0 Å². The summed E-state index contributed by atoms with van der Waals surface area (Å²) < 4.78 is 2.11. The van der Waals surface area contributed by atoms with Crippen molar-refractivity contribution in [3.63, 3.8) is 0 Å². The summed E-state index contributed by atoms with van der Waals surface area (Å²) in [6.07, 6.45) is 5.02. The van der Waals surface area contributed by atoms with Crippen LogP contribution in [-0.4, -0.2) is 22.7 Å². The van der Waals surface area contributed by atoms with Gasteiger partial charge in [-0.1, -0.05) is 0 Å². The molecule has 0 aromatic carbocycles. The van der Waals surface area contributed by atoms with Crippen molar-refractivity contribution in [1.29, 1.82) is 0 Å². The van der Waals surface area contributed by atoms with Crippen LogP contribution in [0.15, 0.2) is 24.5 Å². The van der Waals surface area contributed by atoms with Gasteiger partial charge in [0.2, 0.25) is 0 Å². The Hall–Kier alpha value is -0.800. The van der Waals surface area contributed by atoms with E-state index in [2.05, 4.69) is 4.57 Å². The predicted molar refractivity (Wildman–Crippen MR) is 43.0 cm³/mol. The summed E-state index contributed by atoms with van der Waals surface area (Å²) in [7, 11) is 0. The van der Waals surface area contributed by atoms with Crippen molar-refractivity contribution < 1.29 is 0 Å². The van der Waals surface area contributed by atoms with E-state index in [1.165, 1.54) is 0 Å². The standard InChI is InChI=1S/C8H11N2O/c11-10-6-3-8(7-10)9-4-1-2-5-9/h1-2,4-5,8H,3,6-7H2/q-1. The highest BCUT2D eigenvalue weighted by atomic mass is 16.5. The van der Waals surface area contributed by atoms with Crippen molar-refractivity contribution >= 4 is 0 Å². The van der Waals surface area contributed by atoms with Gasteiger partial charge in [-0.15, -0.1) is 0 Å². The number of nitrogens with zero attached hydrogens (tertiary/aromatic N) is 2. The molecule has 0 N–H and O–H groups in total. The molecule has 11 heavy (non-hydrogen) atoms. The molecule has 1 aliphatic heterocycles. The molecule has 1 unspecified atom stereocenters. The molecule has 1 atom stereocenters. The van der Waals surface area contributed by atoms with Gasteiger partial charge in [0.15, 0.2) is 0 Å². The molecule has 0 bridgehead atoms. The van der Waals surface area contributed by atoms with E-state index >= 15 is 0 Å². The molecule has 3 heteroatoms. The van der Waals surface area contributed by atoms with Gasteiger partial charge in [0.25, 0.3) is 0 Å². The zero-order valence-electron chi connectivity index (χ0n) is 6.31. The van der Waals surface area contributed by atoms with Gasteiger partial charge in [-0.2, -0.15) is 0 Å². The third-order valence-electron chi connectivity index (χ3n) is 2.18. The molecular weight excluding hydrogens is 140 g/mol. The van der Waals surface area contributed by atoms with E-state index in [0.717, 1.165) is 11.5 Å². The number of aromatic nitrogens is 1. The van der Waals surface area contributed by atoms with E-state index in [9.17, 15) is 5.21 Å². The van der Waals surface area contributed by atoms with E-state index in [1.54, 1.807) is 0 Å². The van der Waals surface area contributed by atoms with Gasteiger partial charge in [0, 0.05) is 25.0 Å². The van der Waals surface area contributed by atoms with Crippen LogP contribution in [0.1, 0.15) is 12.5 Å². The zero-order chi connectivity index (χ0) is 7.68. The summed E-state index contributed by atoms with van der Waals surface area (Å²) >= 11 is 0. The van der Waals surface area contributed by atoms with Crippen molar-refractivity contribution in [2.24, 2.45) is 0 Å². The number of hydrogen-bond donors (Lipinski definition) is 0. The van der Waals surface area contributed by atoms with Gasteiger partial charge in [-0.05, 0) is 25.1 Å². The Morgan fingerprint density at radius 3 is 2.55 bits per heavy atom. The second kappa shape index (κ2) is 2.68. The molecule has 2 heterocycles. The molecule has 0 radical (unpaired) electrons. The molecule has 1 saturated heterocycles. The van der Waals surface area contributed by atoms with Crippen molar-refractivity contribution in [2.45, 2.75) is 12.5 Å². The Labute approximate surface area is 65.8 Å². The van der Waals surface area contributed by atoms with Crippen molar-refractivity contribution in [1.82, 2.24) is 9.63 Å². The topological polar surface area (TPSA) is 31.2 Å². The lowest BCUT2D eigenvalue weighted by Crippen LogP contribution is -2.13. The summed E-state index contributed by atoms with van der Waals surface area (Å²) in [6, 6.07) is 4.39. The highest BCUT2D eigenvalue weighted by Crippen LogP contribution is 2.19. The minimum absolute atomic E-state index is 0.405. The molecular formula is C8H11N2O-. The smallest absolute Gasteiger partial charge is 0.0460 e. The SMILES string of the molecule is [O-]N1CCC(n2cccc2)C1. The van der Waals surface area contributed by atoms with E-state index in [0.29, 0.717) is 19.1 Å². The molecule has 2 rings (SSSR count). The van der Waals surface area contributed by atoms with Gasteiger partial charge >= 0.3 is 0 Å². The van der Waals surface area contributed by atoms with Crippen LogP contribution in [0.2, 0.25) is 0 Å². The fraction of sp³-hybridized carbons (Fsp3) is 0.500. The highest BCUT2D eigenvalue weighted by Gasteiger charge is 2.16. The maximum Gasteiger partial charge on any atom is 0.0460 e. The lowest BCUT2D eigenvalue weighted by molar-refractivity contribution is 0.436. The molecule has 0 saturated carbocycles. The van der Waals surface area contributed by atoms with Crippen molar-refractivity contribution in [3.8, 4) is 0 Å². The van der Waals surface area contributed by atoms with E-state index in [4.69, 9.17) is 0 Å². The lowest BCUT2D eigenvalue weighted by atomic mass is 10.3. The Morgan fingerprint density at radius 2 is 2.00 bits per heavy atom. The first-order valence-corrected chi connectivity index (χ1v) is 3.91. The molecule has 1 fully saturated rings. The molecule has 3 nitrogen and oxygen atoms in total. The van der Waals surface area contributed by atoms with Crippen molar-refractivity contribution in [3.05, 3.63) is 29.7 Å². The van der Waals surface area contributed by atoms with Crippen LogP contribution in [0.25, 0.3) is 0 Å². The maximum absolute atomic E-state index is 10.9. The normalized spacial score (nSPS) is 26.1. The maximum atomic E-state index is 10.9. The van der Waals surface area contributed by atoms with Gasteiger partial charge < -0.3 is 14.8 Å². The summed E-state index contributed by atoms with van der Waals surface area (Å²) in [4.78, 5) is 0. The highest BCUT2D eigenvalue weighted by molar-refractivity contribution is 4.95. The van der Waals surface area contributed by atoms with E-state index in [1.807, 2.05) is 24.5 Å². The Morgan fingerprint density at radius 1 is 1.27 bits per heavy atom. The van der Waals surface area contributed by atoms with Crippen LogP contribution >= 0.6 is 0 Å². The Bertz CT molecular complexity index is 220. The van der Waals surface area contributed by atoms with Crippen LogP contribution in [0.4, 0.5) is 0 Å². The molecule has 0 amide bonds. The third-order valence-corrected chi connectivity index (χ3v) is 2.18. The lowest BCUT2D eigenvalue weighted by Gasteiger charge is -2.21. The second-order valence-corrected chi connectivity index (χ2v) is 2.96. The quantitative estimate of drug-likeness (QED) is 0.604. The molecule has 1 aliphatic rings. The molecule has 60 valence electrons. The van der Waals surface area contributed by atoms with Gasteiger partial charge in [-0.25, -0.2) is 0 Å². The van der Waals surface area contributed by atoms with Crippen LogP contribution in [0, 0.1) is 5.21 Å². The van der Waals surface area contributed by atoms with Gasteiger partial charge in [0.05, 0.1) is 0 Å². The molecule has 1 aromatic heterocycles. The largest absolute Gasteiger partial charge is 0.785 e. The fourth-order valence-corrected chi connectivity index (χ4v) is 1.55. The van der Waals surface area contributed by atoms with Crippen LogP contribution in [-0.2, 0) is 0 Å². The first-order chi connectivity index (χ1) is 5.36. The monoisotopic (exact) mass is 151 g/mol. The molecule has 1 aromatic rings. The minimum atomic E-state index is 0.405. The minimum Gasteiger partial charge on any atom is -0.785 e. The summed E-state index contributed by atoms with van der Waals surface area (Å²) in [5.41, 5.74) is 0. The van der Waals surface area contributed by atoms with Crippen LogP contribution in [0.5, 0.6) is 0 Å². The number of hydroxylamine groups is 2.